The first kappa shape index (κ1) is 11.7. The zero-order chi connectivity index (χ0) is 12.1. The van der Waals surface area contributed by atoms with Gasteiger partial charge in [0.1, 0.15) is 5.00 Å². The number of carbonyl (C=O) groups is 1. The van der Waals surface area contributed by atoms with E-state index >= 15 is 0 Å². The number of hydrogen-bond acceptors (Lipinski definition) is 6. The maximum atomic E-state index is 11.8. The largest absolute Gasteiger partial charge is 0.320 e. The summed E-state index contributed by atoms with van der Waals surface area (Å²) < 4.78 is 3.66. The van der Waals surface area contributed by atoms with E-state index in [4.69, 9.17) is 5.73 Å². The maximum Gasteiger partial charge on any atom is 0.266 e. The summed E-state index contributed by atoms with van der Waals surface area (Å²) in [6, 6.07) is 3.53. The molecule has 2 aromatic rings. The summed E-state index contributed by atoms with van der Waals surface area (Å²) in [6.07, 6.45) is 1.51. The van der Waals surface area contributed by atoms with Crippen LogP contribution in [0, 0.1) is 11.8 Å². The predicted molar refractivity (Wildman–Crippen MR) is 68.1 cm³/mol. The number of anilines is 1. The van der Waals surface area contributed by atoms with Crippen molar-refractivity contribution in [3.05, 3.63) is 28.1 Å². The summed E-state index contributed by atoms with van der Waals surface area (Å²) in [5, 5.41) is 6.96. The van der Waals surface area contributed by atoms with Crippen LogP contribution < -0.4 is 11.1 Å². The van der Waals surface area contributed by atoms with Gasteiger partial charge in [-0.3, -0.25) is 4.79 Å². The van der Waals surface area contributed by atoms with Crippen molar-refractivity contribution in [1.29, 1.82) is 0 Å². The highest BCUT2D eigenvalue weighted by Gasteiger charge is 2.09. The van der Waals surface area contributed by atoms with E-state index in [1.807, 2.05) is 0 Å². The maximum absolute atomic E-state index is 11.8. The molecule has 0 bridgehead atoms. The first-order valence-corrected chi connectivity index (χ1v) is 6.26. The van der Waals surface area contributed by atoms with Gasteiger partial charge >= 0.3 is 0 Å². The molecule has 7 heteroatoms. The standard InChI is InChI=1S/C10H8N4OS2/c11-5-1-2-7-3-4-8(16-7)10(15)13-9-6-12-14-17-9/h3-4,6H,5,11H2,(H,13,15). The van der Waals surface area contributed by atoms with E-state index in [1.54, 1.807) is 12.1 Å². The fourth-order valence-corrected chi connectivity index (χ4v) is 2.25. The second kappa shape index (κ2) is 5.54. The van der Waals surface area contributed by atoms with Gasteiger partial charge in [-0.25, -0.2) is 0 Å². The number of nitrogens with one attached hydrogen (secondary N) is 1. The summed E-state index contributed by atoms with van der Waals surface area (Å²) in [4.78, 5) is 13.2. The molecule has 2 heterocycles. The molecule has 2 rings (SSSR count). The highest BCUT2D eigenvalue weighted by atomic mass is 32.1. The minimum Gasteiger partial charge on any atom is -0.320 e. The summed E-state index contributed by atoms with van der Waals surface area (Å²) in [5.74, 6) is 5.44. The average molecular weight is 264 g/mol. The molecule has 86 valence electrons. The van der Waals surface area contributed by atoms with E-state index in [9.17, 15) is 4.79 Å². The van der Waals surface area contributed by atoms with Gasteiger partial charge in [0.05, 0.1) is 22.5 Å². The summed E-state index contributed by atoms with van der Waals surface area (Å²) >= 11 is 2.46. The Kier molecular flexibility index (Phi) is 3.82. The van der Waals surface area contributed by atoms with Crippen LogP contribution in [-0.2, 0) is 0 Å². The molecule has 2 aromatic heterocycles. The number of nitrogens with zero attached hydrogens (tertiary/aromatic N) is 2. The lowest BCUT2D eigenvalue weighted by atomic mass is 10.4. The second-order valence-electron chi connectivity index (χ2n) is 2.91. The third-order valence-electron chi connectivity index (χ3n) is 1.74. The average Bonchev–Trinajstić information content (AvgIpc) is 2.96. The number of hydrogen-bond donors (Lipinski definition) is 2. The van der Waals surface area contributed by atoms with Gasteiger partial charge in [-0.05, 0) is 12.1 Å². The Morgan fingerprint density at radius 3 is 3.12 bits per heavy atom. The lowest BCUT2D eigenvalue weighted by Crippen LogP contribution is -2.08. The van der Waals surface area contributed by atoms with Crippen molar-refractivity contribution in [2.75, 3.05) is 11.9 Å². The Balaban J connectivity index is 2.07. The molecule has 0 unspecified atom stereocenters. The second-order valence-corrected chi connectivity index (χ2v) is 4.78. The Hall–Kier alpha value is -1.75. The summed E-state index contributed by atoms with van der Waals surface area (Å²) in [6.45, 7) is 0.311. The molecule has 0 spiro atoms. The summed E-state index contributed by atoms with van der Waals surface area (Å²) in [5.41, 5.74) is 5.27. The molecule has 5 nitrogen and oxygen atoms in total. The number of nitrogens with two attached hydrogens (primary N) is 1. The summed E-state index contributed by atoms with van der Waals surface area (Å²) in [7, 11) is 0. The molecular weight excluding hydrogens is 256 g/mol. The highest BCUT2D eigenvalue weighted by Crippen LogP contribution is 2.18. The van der Waals surface area contributed by atoms with Crippen molar-refractivity contribution in [2.24, 2.45) is 5.73 Å². The van der Waals surface area contributed by atoms with E-state index in [-0.39, 0.29) is 5.91 Å². The molecule has 0 aliphatic carbocycles. The molecule has 1 amide bonds. The van der Waals surface area contributed by atoms with Crippen LogP contribution in [0.3, 0.4) is 0 Å². The number of carbonyl (C=O) groups excluding carboxylic acids is 1. The van der Waals surface area contributed by atoms with Crippen LogP contribution >= 0.6 is 22.9 Å². The van der Waals surface area contributed by atoms with Crippen LogP contribution in [0.4, 0.5) is 5.00 Å². The van der Waals surface area contributed by atoms with Crippen LogP contribution in [0.5, 0.6) is 0 Å². The van der Waals surface area contributed by atoms with Gasteiger partial charge in [0.15, 0.2) is 0 Å². The SMILES string of the molecule is NCC#Cc1ccc(C(=O)Nc2cnns2)s1. The lowest BCUT2D eigenvalue weighted by Gasteiger charge is -1.96. The monoisotopic (exact) mass is 264 g/mol. The molecule has 0 saturated heterocycles. The minimum atomic E-state index is -0.179. The zero-order valence-corrected chi connectivity index (χ0v) is 10.3. The van der Waals surface area contributed by atoms with Crippen molar-refractivity contribution >= 4 is 33.8 Å². The topological polar surface area (TPSA) is 80.9 Å². The number of amides is 1. The van der Waals surface area contributed by atoms with Crippen molar-refractivity contribution in [1.82, 2.24) is 9.59 Å². The third kappa shape index (κ3) is 3.10. The van der Waals surface area contributed by atoms with Gasteiger partial charge in [-0.2, -0.15) is 0 Å². The van der Waals surface area contributed by atoms with Crippen molar-refractivity contribution in [3.8, 4) is 11.8 Å². The molecule has 0 atom stereocenters. The van der Waals surface area contributed by atoms with E-state index in [0.717, 1.165) is 16.4 Å². The normalized spacial score (nSPS) is 9.47. The highest BCUT2D eigenvalue weighted by molar-refractivity contribution is 7.15. The number of thiophene rings is 1. The van der Waals surface area contributed by atoms with Gasteiger partial charge < -0.3 is 11.1 Å². The third-order valence-corrected chi connectivity index (χ3v) is 3.32. The Morgan fingerprint density at radius 2 is 2.41 bits per heavy atom. The Morgan fingerprint density at radius 1 is 1.53 bits per heavy atom. The molecule has 0 radical (unpaired) electrons. The smallest absolute Gasteiger partial charge is 0.266 e. The van der Waals surface area contributed by atoms with Crippen molar-refractivity contribution in [3.63, 3.8) is 0 Å². The van der Waals surface area contributed by atoms with E-state index < -0.39 is 0 Å². The van der Waals surface area contributed by atoms with Crippen LogP contribution in [0.25, 0.3) is 0 Å². The Labute approximate surface area is 106 Å². The van der Waals surface area contributed by atoms with Crippen LogP contribution in [0.15, 0.2) is 18.3 Å². The van der Waals surface area contributed by atoms with Crippen LogP contribution in [0.2, 0.25) is 0 Å². The lowest BCUT2D eigenvalue weighted by molar-refractivity contribution is 0.103. The van der Waals surface area contributed by atoms with Crippen molar-refractivity contribution in [2.45, 2.75) is 0 Å². The molecule has 3 N–H and O–H groups in total. The molecule has 0 aromatic carbocycles. The molecule has 0 aliphatic rings. The molecule has 0 aliphatic heterocycles. The first-order valence-electron chi connectivity index (χ1n) is 4.67. The van der Waals surface area contributed by atoms with Crippen LogP contribution in [-0.4, -0.2) is 22.0 Å². The quantitative estimate of drug-likeness (QED) is 0.798. The number of aromatic nitrogens is 2. The molecule has 17 heavy (non-hydrogen) atoms. The van der Waals surface area contributed by atoms with Gasteiger partial charge in [-0.15, -0.1) is 16.4 Å². The van der Waals surface area contributed by atoms with Crippen molar-refractivity contribution < 1.29 is 4.79 Å². The fourth-order valence-electron chi connectivity index (χ4n) is 1.06. The minimum absolute atomic E-state index is 0.179. The molecule has 0 saturated carbocycles. The first-order chi connectivity index (χ1) is 8.29. The zero-order valence-electron chi connectivity index (χ0n) is 8.64. The van der Waals surface area contributed by atoms with Gasteiger partial charge in [-0.1, -0.05) is 16.3 Å². The van der Waals surface area contributed by atoms with Gasteiger partial charge in [0, 0.05) is 11.5 Å². The molecular formula is C10H8N4OS2. The van der Waals surface area contributed by atoms with E-state index in [0.29, 0.717) is 16.4 Å². The van der Waals surface area contributed by atoms with E-state index in [2.05, 4.69) is 26.7 Å². The Bertz CT molecular complexity index is 565. The fraction of sp³-hybridized carbons (Fsp3) is 0.100. The number of rotatable bonds is 2. The predicted octanol–water partition coefficient (Wildman–Crippen LogP) is 1.16. The van der Waals surface area contributed by atoms with E-state index in [1.165, 1.54) is 17.5 Å². The van der Waals surface area contributed by atoms with Gasteiger partial charge in [0.2, 0.25) is 0 Å². The molecule has 0 fully saturated rings. The van der Waals surface area contributed by atoms with Crippen LogP contribution in [0.1, 0.15) is 14.5 Å². The van der Waals surface area contributed by atoms with Gasteiger partial charge in [0.25, 0.3) is 5.91 Å².